The molecule has 0 aromatic heterocycles. The van der Waals surface area contributed by atoms with Crippen molar-refractivity contribution in [3.05, 3.63) is 35.4 Å². The maximum atomic E-state index is 14.1. The van der Waals surface area contributed by atoms with E-state index in [0.29, 0.717) is 19.4 Å². The van der Waals surface area contributed by atoms with Crippen molar-refractivity contribution in [3.8, 4) is 0 Å². The molecule has 1 aliphatic heterocycles. The fraction of sp³-hybridized carbons (Fsp3) is 0.538. The molecule has 0 saturated carbocycles. The summed E-state index contributed by atoms with van der Waals surface area (Å²) in [5.74, 6) is -2.93. The molecule has 5 heteroatoms. The highest BCUT2D eigenvalue weighted by Crippen LogP contribution is 2.38. The summed E-state index contributed by atoms with van der Waals surface area (Å²) in [6, 6.07) is 6.06. The standard InChI is InChI=1S/C13H17F2NO.ClH/c1-9(16)10-4-2-5-11(8-10)13(14,15)12-6-3-7-17-12;/h2,4-5,8-9,12H,3,6-7,16H2,1H3;1H/t9-,12?;/m1./s1. The summed E-state index contributed by atoms with van der Waals surface area (Å²) >= 11 is 0. The van der Waals surface area contributed by atoms with E-state index in [1.807, 2.05) is 0 Å². The van der Waals surface area contributed by atoms with E-state index in [1.54, 1.807) is 19.1 Å². The normalized spacial score (nSPS) is 21.4. The van der Waals surface area contributed by atoms with Gasteiger partial charge in [0.15, 0.2) is 0 Å². The fourth-order valence-electron chi connectivity index (χ4n) is 2.08. The Morgan fingerprint density at radius 1 is 1.44 bits per heavy atom. The Morgan fingerprint density at radius 3 is 2.72 bits per heavy atom. The lowest BCUT2D eigenvalue weighted by Crippen LogP contribution is -2.30. The van der Waals surface area contributed by atoms with Crippen LogP contribution in [0, 0.1) is 0 Å². The zero-order valence-electron chi connectivity index (χ0n) is 10.2. The Hall–Kier alpha value is -0.710. The van der Waals surface area contributed by atoms with Crippen LogP contribution in [0.3, 0.4) is 0 Å². The number of benzene rings is 1. The monoisotopic (exact) mass is 277 g/mol. The Kier molecular flexibility index (Phi) is 5.08. The van der Waals surface area contributed by atoms with Gasteiger partial charge in [-0.1, -0.05) is 18.2 Å². The minimum absolute atomic E-state index is 0. The lowest BCUT2D eigenvalue weighted by molar-refractivity contribution is -0.122. The molecule has 2 nitrogen and oxygen atoms in total. The van der Waals surface area contributed by atoms with Crippen LogP contribution in [0.5, 0.6) is 0 Å². The van der Waals surface area contributed by atoms with Gasteiger partial charge in [-0.05, 0) is 31.4 Å². The second-order valence-electron chi connectivity index (χ2n) is 4.54. The van der Waals surface area contributed by atoms with Crippen LogP contribution < -0.4 is 5.73 Å². The van der Waals surface area contributed by atoms with Gasteiger partial charge in [-0.25, -0.2) is 0 Å². The molecule has 2 rings (SSSR count). The highest BCUT2D eigenvalue weighted by atomic mass is 35.5. The Bertz CT molecular complexity index is 392. The van der Waals surface area contributed by atoms with E-state index in [0.717, 1.165) is 5.56 Å². The molecule has 1 aromatic rings. The summed E-state index contributed by atoms with van der Waals surface area (Å²) in [6.45, 7) is 2.20. The number of hydrogen-bond acceptors (Lipinski definition) is 2. The molecule has 18 heavy (non-hydrogen) atoms. The van der Waals surface area contributed by atoms with Crippen LogP contribution in [0.25, 0.3) is 0 Å². The van der Waals surface area contributed by atoms with Crippen LogP contribution in [0.1, 0.15) is 36.9 Å². The Morgan fingerprint density at radius 2 is 2.17 bits per heavy atom. The number of nitrogens with two attached hydrogens (primary N) is 1. The summed E-state index contributed by atoms with van der Waals surface area (Å²) in [7, 11) is 0. The second kappa shape index (κ2) is 5.95. The van der Waals surface area contributed by atoms with Gasteiger partial charge in [0.25, 0.3) is 5.92 Å². The van der Waals surface area contributed by atoms with Crippen LogP contribution in [0.2, 0.25) is 0 Å². The molecule has 1 unspecified atom stereocenters. The first-order valence-electron chi connectivity index (χ1n) is 5.87. The molecule has 0 aliphatic carbocycles. The molecule has 0 radical (unpaired) electrons. The molecule has 1 fully saturated rings. The van der Waals surface area contributed by atoms with E-state index in [1.165, 1.54) is 12.1 Å². The highest BCUT2D eigenvalue weighted by Gasteiger charge is 2.43. The first kappa shape index (κ1) is 15.3. The predicted molar refractivity (Wildman–Crippen MR) is 69.2 cm³/mol. The van der Waals surface area contributed by atoms with Crippen LogP contribution in [-0.2, 0) is 10.7 Å². The first-order valence-corrected chi connectivity index (χ1v) is 5.87. The highest BCUT2D eigenvalue weighted by molar-refractivity contribution is 5.85. The van der Waals surface area contributed by atoms with Crippen LogP contribution in [0.4, 0.5) is 8.78 Å². The van der Waals surface area contributed by atoms with Crippen molar-refractivity contribution in [1.29, 1.82) is 0 Å². The fourth-order valence-corrected chi connectivity index (χ4v) is 2.08. The average molecular weight is 278 g/mol. The number of alkyl halides is 2. The predicted octanol–water partition coefficient (Wildman–Crippen LogP) is 3.40. The molecule has 0 spiro atoms. The SMILES string of the molecule is C[C@@H](N)c1cccc(C(F)(F)C2CCCO2)c1.Cl. The van der Waals surface area contributed by atoms with Crippen molar-refractivity contribution >= 4 is 12.4 Å². The Balaban J connectivity index is 0.00000162. The molecule has 2 atom stereocenters. The van der Waals surface area contributed by atoms with Crippen LogP contribution in [0.15, 0.2) is 24.3 Å². The maximum Gasteiger partial charge on any atom is 0.298 e. The summed E-state index contributed by atoms with van der Waals surface area (Å²) in [4.78, 5) is 0. The topological polar surface area (TPSA) is 35.2 Å². The number of rotatable bonds is 3. The van der Waals surface area contributed by atoms with E-state index < -0.39 is 12.0 Å². The summed E-state index contributed by atoms with van der Waals surface area (Å²) in [5, 5.41) is 0. The molecule has 1 heterocycles. The van der Waals surface area contributed by atoms with Crippen molar-refractivity contribution in [2.45, 2.75) is 37.8 Å². The molecule has 102 valence electrons. The van der Waals surface area contributed by atoms with Gasteiger partial charge < -0.3 is 10.5 Å². The summed E-state index contributed by atoms with van der Waals surface area (Å²) < 4.78 is 33.4. The van der Waals surface area contributed by atoms with E-state index in [4.69, 9.17) is 10.5 Å². The van der Waals surface area contributed by atoms with Gasteiger partial charge in [0, 0.05) is 18.2 Å². The van der Waals surface area contributed by atoms with Gasteiger partial charge in [-0.2, -0.15) is 8.78 Å². The van der Waals surface area contributed by atoms with Crippen molar-refractivity contribution < 1.29 is 13.5 Å². The average Bonchev–Trinajstić information content (AvgIpc) is 2.83. The van der Waals surface area contributed by atoms with E-state index in [2.05, 4.69) is 0 Å². The largest absolute Gasteiger partial charge is 0.372 e. The van der Waals surface area contributed by atoms with Gasteiger partial charge >= 0.3 is 0 Å². The Labute approximate surface area is 112 Å². The summed E-state index contributed by atoms with van der Waals surface area (Å²) in [5.41, 5.74) is 6.42. The zero-order valence-corrected chi connectivity index (χ0v) is 11.1. The maximum absolute atomic E-state index is 14.1. The molecule has 1 aromatic carbocycles. The molecule has 0 amide bonds. The van der Waals surface area contributed by atoms with Gasteiger partial charge in [0.1, 0.15) is 6.10 Å². The van der Waals surface area contributed by atoms with Crippen molar-refractivity contribution in [3.63, 3.8) is 0 Å². The van der Waals surface area contributed by atoms with Crippen molar-refractivity contribution in [2.24, 2.45) is 5.73 Å². The third-order valence-corrected chi connectivity index (χ3v) is 3.13. The van der Waals surface area contributed by atoms with E-state index in [9.17, 15) is 8.78 Å². The molecule has 2 N–H and O–H groups in total. The molecule has 0 bridgehead atoms. The van der Waals surface area contributed by atoms with Crippen LogP contribution in [-0.4, -0.2) is 12.7 Å². The molecular weight excluding hydrogens is 260 g/mol. The van der Waals surface area contributed by atoms with Gasteiger partial charge in [0.05, 0.1) is 0 Å². The minimum Gasteiger partial charge on any atom is -0.372 e. The molecular formula is C13H18ClF2NO. The van der Waals surface area contributed by atoms with E-state index >= 15 is 0 Å². The third kappa shape index (κ3) is 2.99. The molecule has 1 saturated heterocycles. The lowest BCUT2D eigenvalue weighted by atomic mass is 9.97. The third-order valence-electron chi connectivity index (χ3n) is 3.13. The lowest BCUT2D eigenvalue weighted by Gasteiger charge is -2.23. The van der Waals surface area contributed by atoms with Crippen molar-refractivity contribution in [1.82, 2.24) is 0 Å². The second-order valence-corrected chi connectivity index (χ2v) is 4.54. The zero-order chi connectivity index (χ0) is 12.5. The molecule has 1 aliphatic rings. The van der Waals surface area contributed by atoms with Crippen LogP contribution >= 0.6 is 12.4 Å². The minimum atomic E-state index is -2.93. The van der Waals surface area contributed by atoms with E-state index in [-0.39, 0.29) is 24.0 Å². The number of halogens is 3. The van der Waals surface area contributed by atoms with Gasteiger partial charge in [-0.3, -0.25) is 0 Å². The van der Waals surface area contributed by atoms with Gasteiger partial charge in [-0.15, -0.1) is 12.4 Å². The van der Waals surface area contributed by atoms with Gasteiger partial charge in [0.2, 0.25) is 0 Å². The smallest absolute Gasteiger partial charge is 0.298 e. The number of ether oxygens (including phenoxy) is 1. The number of hydrogen-bond donors (Lipinski definition) is 1. The first-order chi connectivity index (χ1) is 8.01. The van der Waals surface area contributed by atoms with Crippen molar-refractivity contribution in [2.75, 3.05) is 6.61 Å². The summed E-state index contributed by atoms with van der Waals surface area (Å²) in [6.07, 6.45) is 0.119. The quantitative estimate of drug-likeness (QED) is 0.919.